The first kappa shape index (κ1) is 19.2. The summed E-state index contributed by atoms with van der Waals surface area (Å²) in [4.78, 5) is 11.9. The summed E-state index contributed by atoms with van der Waals surface area (Å²) in [5.41, 5.74) is 1.91. The molecule has 5 heteroatoms. The summed E-state index contributed by atoms with van der Waals surface area (Å²) in [5, 5.41) is 6.88. The van der Waals surface area contributed by atoms with E-state index in [4.69, 9.17) is 14.7 Å². The number of methoxy groups -OCH3 is 1. The van der Waals surface area contributed by atoms with Crippen molar-refractivity contribution in [3.63, 3.8) is 0 Å². The second-order valence-corrected chi connectivity index (χ2v) is 7.42. The van der Waals surface area contributed by atoms with Crippen LogP contribution in [-0.2, 0) is 0 Å². The van der Waals surface area contributed by atoms with Gasteiger partial charge in [-0.15, -0.1) is 0 Å². The average molecular weight is 386 g/mol. The molecular weight excluding hydrogens is 360 g/mol. The zero-order valence-electron chi connectivity index (χ0n) is 17.1. The van der Waals surface area contributed by atoms with Crippen LogP contribution < -0.4 is 10.1 Å². The number of hydrogen-bond donors (Lipinski definition) is 1. The normalized spacial score (nSPS) is 11.3. The highest BCUT2D eigenvalue weighted by Crippen LogP contribution is 2.29. The molecule has 4 rings (SSSR count). The van der Waals surface area contributed by atoms with Gasteiger partial charge in [0, 0.05) is 17.5 Å². The van der Waals surface area contributed by atoms with Crippen molar-refractivity contribution in [1.82, 2.24) is 14.9 Å². The number of hydrogen-bond acceptors (Lipinski definition) is 5. The van der Waals surface area contributed by atoms with Gasteiger partial charge in [0.15, 0.2) is 5.82 Å². The van der Waals surface area contributed by atoms with E-state index < -0.39 is 0 Å². The zero-order valence-corrected chi connectivity index (χ0v) is 17.1. The van der Waals surface area contributed by atoms with Crippen LogP contribution in [0.4, 0.5) is 5.82 Å². The zero-order chi connectivity index (χ0) is 20.2. The Hall–Kier alpha value is -3.18. The molecule has 0 amide bonds. The molecule has 0 aliphatic heterocycles. The Morgan fingerprint density at radius 3 is 2.55 bits per heavy atom. The van der Waals surface area contributed by atoms with Gasteiger partial charge in [-0.1, -0.05) is 36.4 Å². The van der Waals surface area contributed by atoms with E-state index >= 15 is 0 Å². The van der Waals surface area contributed by atoms with Crippen LogP contribution >= 0.6 is 0 Å². The second kappa shape index (κ2) is 8.45. The minimum atomic E-state index is 0.725. The fraction of sp³-hybridized carbons (Fsp3) is 0.250. The lowest BCUT2D eigenvalue weighted by Crippen LogP contribution is -2.17. The Labute approximate surface area is 171 Å². The highest BCUT2D eigenvalue weighted by molar-refractivity contribution is 5.93. The number of rotatable bonds is 7. The van der Waals surface area contributed by atoms with Gasteiger partial charge in [-0.3, -0.25) is 0 Å². The molecule has 0 atom stereocenters. The number of nitrogens with zero attached hydrogens (tertiary/aromatic N) is 3. The van der Waals surface area contributed by atoms with E-state index in [1.165, 1.54) is 10.8 Å². The predicted molar refractivity (Wildman–Crippen MR) is 121 cm³/mol. The van der Waals surface area contributed by atoms with Gasteiger partial charge >= 0.3 is 0 Å². The standard InChI is InChI=1S/C24H26N4O/c1-28(2)14-6-13-25-24-21-16-20(29-3)11-12-22(21)26-23(27-24)19-10-9-17-7-4-5-8-18(17)15-19/h4-5,7-12,15-16H,6,13-14H2,1-3H3,(H,25,26,27). The van der Waals surface area contributed by atoms with Gasteiger partial charge in [0.05, 0.1) is 12.6 Å². The van der Waals surface area contributed by atoms with Crippen molar-refractivity contribution in [2.24, 2.45) is 0 Å². The van der Waals surface area contributed by atoms with Gasteiger partial charge < -0.3 is 15.0 Å². The number of nitrogens with one attached hydrogen (secondary N) is 1. The lowest BCUT2D eigenvalue weighted by atomic mass is 10.1. The van der Waals surface area contributed by atoms with Gasteiger partial charge in [0.2, 0.25) is 0 Å². The summed E-state index contributed by atoms with van der Waals surface area (Å²) in [6.45, 7) is 1.87. The van der Waals surface area contributed by atoms with Gasteiger partial charge in [-0.25, -0.2) is 9.97 Å². The van der Waals surface area contributed by atoms with Gasteiger partial charge in [0.25, 0.3) is 0 Å². The molecule has 0 bridgehead atoms. The Bertz CT molecular complexity index is 1140. The third kappa shape index (κ3) is 4.30. The number of ether oxygens (including phenoxy) is 1. The first-order chi connectivity index (χ1) is 14.1. The van der Waals surface area contributed by atoms with Crippen LogP contribution in [0.5, 0.6) is 5.75 Å². The number of aromatic nitrogens is 2. The SMILES string of the molecule is COc1ccc2nc(-c3ccc4ccccc4c3)nc(NCCCN(C)C)c2c1. The molecule has 148 valence electrons. The summed E-state index contributed by atoms with van der Waals surface area (Å²) in [7, 11) is 5.85. The van der Waals surface area contributed by atoms with Crippen molar-refractivity contribution >= 4 is 27.5 Å². The van der Waals surface area contributed by atoms with E-state index in [-0.39, 0.29) is 0 Å². The molecule has 1 aromatic heterocycles. The van der Waals surface area contributed by atoms with E-state index in [0.717, 1.165) is 53.4 Å². The van der Waals surface area contributed by atoms with Crippen molar-refractivity contribution < 1.29 is 4.74 Å². The lowest BCUT2D eigenvalue weighted by molar-refractivity contribution is 0.405. The number of fused-ring (bicyclic) bond motifs is 2. The van der Waals surface area contributed by atoms with Crippen LogP contribution in [0.15, 0.2) is 60.7 Å². The summed E-state index contributed by atoms with van der Waals surface area (Å²) in [6.07, 6.45) is 1.04. The molecule has 0 aliphatic rings. The maximum atomic E-state index is 5.41. The fourth-order valence-electron chi connectivity index (χ4n) is 3.43. The molecule has 4 aromatic rings. The molecule has 3 aromatic carbocycles. The number of benzene rings is 3. The van der Waals surface area contributed by atoms with Crippen LogP contribution in [0.1, 0.15) is 6.42 Å². The van der Waals surface area contributed by atoms with E-state index in [1.54, 1.807) is 7.11 Å². The molecule has 0 spiro atoms. The fourth-order valence-corrected chi connectivity index (χ4v) is 3.43. The molecule has 0 aliphatic carbocycles. The monoisotopic (exact) mass is 386 g/mol. The summed E-state index contributed by atoms with van der Waals surface area (Å²) < 4.78 is 5.41. The average Bonchev–Trinajstić information content (AvgIpc) is 2.75. The van der Waals surface area contributed by atoms with E-state index in [2.05, 4.69) is 66.8 Å². The highest BCUT2D eigenvalue weighted by Gasteiger charge is 2.11. The van der Waals surface area contributed by atoms with Crippen LogP contribution in [0, 0.1) is 0 Å². The van der Waals surface area contributed by atoms with Crippen molar-refractivity contribution in [2.45, 2.75) is 6.42 Å². The van der Waals surface area contributed by atoms with E-state index in [1.807, 2.05) is 18.2 Å². The highest BCUT2D eigenvalue weighted by atomic mass is 16.5. The molecule has 5 nitrogen and oxygen atoms in total. The Morgan fingerprint density at radius 1 is 0.931 bits per heavy atom. The van der Waals surface area contributed by atoms with Gasteiger partial charge in [0.1, 0.15) is 11.6 Å². The van der Waals surface area contributed by atoms with Crippen molar-refractivity contribution in [2.75, 3.05) is 39.6 Å². The molecule has 29 heavy (non-hydrogen) atoms. The topological polar surface area (TPSA) is 50.3 Å². The molecule has 0 saturated carbocycles. The smallest absolute Gasteiger partial charge is 0.162 e. The van der Waals surface area contributed by atoms with E-state index in [9.17, 15) is 0 Å². The minimum Gasteiger partial charge on any atom is -0.497 e. The Morgan fingerprint density at radius 2 is 1.76 bits per heavy atom. The number of anilines is 1. The molecular formula is C24H26N4O. The van der Waals surface area contributed by atoms with Gasteiger partial charge in [-0.05, 0) is 62.1 Å². The van der Waals surface area contributed by atoms with Crippen molar-refractivity contribution in [3.8, 4) is 17.1 Å². The predicted octanol–water partition coefficient (Wildman–Crippen LogP) is 4.82. The van der Waals surface area contributed by atoms with Crippen LogP contribution in [-0.4, -0.2) is 49.2 Å². The third-order valence-electron chi connectivity index (χ3n) is 4.99. The van der Waals surface area contributed by atoms with Crippen molar-refractivity contribution in [3.05, 3.63) is 60.7 Å². The molecule has 0 radical (unpaired) electrons. The van der Waals surface area contributed by atoms with Crippen LogP contribution in [0.25, 0.3) is 33.1 Å². The molecule has 0 saturated heterocycles. The second-order valence-electron chi connectivity index (χ2n) is 7.42. The molecule has 1 heterocycles. The Kier molecular flexibility index (Phi) is 5.58. The Balaban J connectivity index is 1.75. The molecule has 1 N–H and O–H groups in total. The van der Waals surface area contributed by atoms with Crippen molar-refractivity contribution in [1.29, 1.82) is 0 Å². The van der Waals surface area contributed by atoms with Crippen LogP contribution in [0.3, 0.4) is 0 Å². The summed E-state index contributed by atoms with van der Waals surface area (Å²) in [5.74, 6) is 2.37. The molecule has 0 fully saturated rings. The molecule has 0 unspecified atom stereocenters. The third-order valence-corrected chi connectivity index (χ3v) is 4.99. The first-order valence-corrected chi connectivity index (χ1v) is 9.87. The van der Waals surface area contributed by atoms with Gasteiger partial charge in [-0.2, -0.15) is 0 Å². The summed E-state index contributed by atoms with van der Waals surface area (Å²) >= 11 is 0. The lowest BCUT2D eigenvalue weighted by Gasteiger charge is -2.14. The largest absolute Gasteiger partial charge is 0.497 e. The maximum absolute atomic E-state index is 5.41. The summed E-state index contributed by atoms with van der Waals surface area (Å²) in [6, 6.07) is 20.6. The quantitative estimate of drug-likeness (QED) is 0.461. The first-order valence-electron chi connectivity index (χ1n) is 9.87. The maximum Gasteiger partial charge on any atom is 0.162 e. The minimum absolute atomic E-state index is 0.725. The van der Waals surface area contributed by atoms with E-state index in [0.29, 0.717) is 0 Å². The van der Waals surface area contributed by atoms with Crippen LogP contribution in [0.2, 0.25) is 0 Å².